The van der Waals surface area contributed by atoms with Gasteiger partial charge in [0.15, 0.2) is 0 Å². The number of phenolic OH excluding ortho intramolecular Hbond substituents is 3. The van der Waals surface area contributed by atoms with Gasteiger partial charge in [-0.3, -0.25) is 0 Å². The van der Waals surface area contributed by atoms with Crippen LogP contribution < -0.4 is 0 Å². The monoisotopic (exact) mass is 260 g/mol. The molecule has 2 unspecified atom stereocenters. The first-order chi connectivity index (χ1) is 8.40. The van der Waals surface area contributed by atoms with Crippen molar-refractivity contribution in [2.24, 2.45) is 0 Å². The third-order valence-electron chi connectivity index (χ3n) is 1.86. The Kier molecular flexibility index (Phi) is 7.45. The van der Waals surface area contributed by atoms with E-state index in [4.69, 9.17) is 30.6 Å². The van der Waals surface area contributed by atoms with Gasteiger partial charge < -0.3 is 35.4 Å². The Hall–Kier alpha value is -1.83. The summed E-state index contributed by atoms with van der Waals surface area (Å²) in [5.41, 5.74) is 0. The van der Waals surface area contributed by atoms with Crippen molar-refractivity contribution in [1.29, 1.82) is 0 Å². The maximum atomic E-state index is 9.68. The van der Waals surface area contributed by atoms with Gasteiger partial charge in [-0.05, 0) is 0 Å². The molecular weight excluding hydrogens is 244 g/mol. The number of hydrogen-bond acceptors (Lipinski definition) is 7. The number of hydrogen-bond donors (Lipinski definition) is 6. The Morgan fingerprint density at radius 2 is 1.33 bits per heavy atom. The van der Waals surface area contributed by atoms with Gasteiger partial charge in [-0.25, -0.2) is 0 Å². The predicted octanol–water partition coefficient (Wildman–Crippen LogP) is -0.907. The largest absolute Gasteiger partial charge is 0.508 e. The fourth-order valence-corrected chi connectivity index (χ4v) is 0.957. The Bertz CT molecular complexity index is 316. The van der Waals surface area contributed by atoms with Crippen molar-refractivity contribution in [3.8, 4) is 17.2 Å². The number of aliphatic hydroxyl groups is 3. The molecule has 0 saturated heterocycles. The second-order valence-electron chi connectivity index (χ2n) is 3.43. The molecule has 0 aliphatic heterocycles. The van der Waals surface area contributed by atoms with Crippen LogP contribution in [-0.2, 0) is 4.79 Å². The van der Waals surface area contributed by atoms with Gasteiger partial charge in [0.25, 0.3) is 0 Å². The molecule has 7 heteroatoms. The van der Waals surface area contributed by atoms with Gasteiger partial charge in [0.05, 0.1) is 12.7 Å². The van der Waals surface area contributed by atoms with Crippen LogP contribution in [-0.4, -0.2) is 55.7 Å². The van der Waals surface area contributed by atoms with Gasteiger partial charge in [0, 0.05) is 24.6 Å². The van der Waals surface area contributed by atoms with E-state index in [1.54, 1.807) is 0 Å². The minimum Gasteiger partial charge on any atom is -0.508 e. The maximum absolute atomic E-state index is 9.68. The second kappa shape index (κ2) is 8.29. The van der Waals surface area contributed by atoms with Crippen LogP contribution in [0.2, 0.25) is 0 Å². The molecule has 2 atom stereocenters. The topological polar surface area (TPSA) is 138 Å². The summed E-state index contributed by atoms with van der Waals surface area (Å²) in [7, 11) is 0. The number of rotatable bonds is 4. The van der Waals surface area contributed by atoms with Gasteiger partial charge in [-0.2, -0.15) is 0 Å². The van der Waals surface area contributed by atoms with Crippen LogP contribution in [0, 0.1) is 0 Å². The van der Waals surface area contributed by atoms with E-state index in [1.807, 2.05) is 0 Å². The molecule has 0 radical (unpaired) electrons. The van der Waals surface area contributed by atoms with E-state index in [-0.39, 0.29) is 23.7 Å². The highest BCUT2D eigenvalue weighted by atomic mass is 16.4. The van der Waals surface area contributed by atoms with Crippen molar-refractivity contribution in [2.75, 3.05) is 6.61 Å². The van der Waals surface area contributed by atoms with Crippen molar-refractivity contribution in [2.45, 2.75) is 18.6 Å². The standard InChI is InChI=1S/C6H6O3.C5H10O4/c7-4-1-5(8)3-6(9)2-4;6-2-1-4(8)5(9)3-7/h1-3,7-9H;2,4-5,7-9H,1,3H2. The van der Waals surface area contributed by atoms with E-state index in [0.29, 0.717) is 6.29 Å². The third-order valence-corrected chi connectivity index (χ3v) is 1.86. The van der Waals surface area contributed by atoms with Crippen molar-refractivity contribution in [1.82, 2.24) is 0 Å². The number of benzene rings is 1. The summed E-state index contributed by atoms with van der Waals surface area (Å²) < 4.78 is 0. The van der Waals surface area contributed by atoms with Gasteiger partial charge in [-0.15, -0.1) is 0 Å². The number of phenols is 3. The molecule has 0 heterocycles. The van der Waals surface area contributed by atoms with E-state index in [0.717, 1.165) is 18.2 Å². The Labute approximate surface area is 103 Å². The number of aldehydes is 1. The third kappa shape index (κ3) is 6.69. The lowest BCUT2D eigenvalue weighted by molar-refractivity contribution is -0.111. The summed E-state index contributed by atoms with van der Waals surface area (Å²) >= 11 is 0. The van der Waals surface area contributed by atoms with Crippen LogP contribution in [0.3, 0.4) is 0 Å². The van der Waals surface area contributed by atoms with E-state index in [1.165, 1.54) is 0 Å². The normalized spacial score (nSPS) is 13.1. The van der Waals surface area contributed by atoms with Crippen molar-refractivity contribution < 1.29 is 35.4 Å². The zero-order valence-corrected chi connectivity index (χ0v) is 9.47. The maximum Gasteiger partial charge on any atom is 0.122 e. The van der Waals surface area contributed by atoms with Crippen LogP contribution in [0.5, 0.6) is 17.2 Å². The SMILES string of the molecule is O=CCC(O)C(O)CO.Oc1cc(O)cc(O)c1. The molecule has 1 aromatic rings. The summed E-state index contributed by atoms with van der Waals surface area (Å²) in [4.78, 5) is 9.68. The van der Waals surface area contributed by atoms with Crippen LogP contribution in [0.4, 0.5) is 0 Å². The number of aliphatic hydroxyl groups excluding tert-OH is 3. The summed E-state index contributed by atoms with van der Waals surface area (Å²) in [6.45, 7) is -0.519. The first-order valence-corrected chi connectivity index (χ1v) is 5.03. The molecule has 0 aromatic heterocycles. The molecule has 1 aromatic carbocycles. The highest BCUT2D eigenvalue weighted by molar-refractivity contribution is 5.50. The Morgan fingerprint density at radius 1 is 0.944 bits per heavy atom. The van der Waals surface area contributed by atoms with Gasteiger partial charge in [0.1, 0.15) is 29.6 Å². The first-order valence-electron chi connectivity index (χ1n) is 5.03. The van der Waals surface area contributed by atoms with Crippen LogP contribution in [0.15, 0.2) is 18.2 Å². The van der Waals surface area contributed by atoms with Crippen LogP contribution >= 0.6 is 0 Å². The summed E-state index contributed by atoms with van der Waals surface area (Å²) in [5, 5.41) is 51.5. The zero-order valence-electron chi connectivity index (χ0n) is 9.47. The Morgan fingerprint density at radius 3 is 1.61 bits per heavy atom. The molecule has 1 rings (SSSR count). The van der Waals surface area contributed by atoms with E-state index in [2.05, 4.69) is 0 Å². The summed E-state index contributed by atoms with van der Waals surface area (Å²) in [5.74, 6) is -0.437. The predicted molar refractivity (Wildman–Crippen MR) is 61.2 cm³/mol. The van der Waals surface area contributed by atoms with Crippen LogP contribution in [0.1, 0.15) is 6.42 Å². The lowest BCUT2D eigenvalue weighted by atomic mass is 10.2. The quantitative estimate of drug-likeness (QED) is 0.385. The number of carbonyl (C=O) groups is 1. The molecule has 0 spiro atoms. The minimum absolute atomic E-state index is 0.137. The molecule has 0 aliphatic carbocycles. The molecule has 102 valence electrons. The molecular formula is C11H16O7. The van der Waals surface area contributed by atoms with Crippen LogP contribution in [0.25, 0.3) is 0 Å². The smallest absolute Gasteiger partial charge is 0.122 e. The van der Waals surface area contributed by atoms with Crippen molar-refractivity contribution in [3.63, 3.8) is 0 Å². The van der Waals surface area contributed by atoms with Gasteiger partial charge in [0.2, 0.25) is 0 Å². The molecule has 0 bridgehead atoms. The van der Waals surface area contributed by atoms with E-state index < -0.39 is 18.8 Å². The molecule has 0 aliphatic rings. The molecule has 7 nitrogen and oxygen atoms in total. The van der Waals surface area contributed by atoms with E-state index >= 15 is 0 Å². The lowest BCUT2D eigenvalue weighted by Crippen LogP contribution is -2.29. The molecule has 6 N–H and O–H groups in total. The first kappa shape index (κ1) is 16.2. The second-order valence-corrected chi connectivity index (χ2v) is 3.43. The summed E-state index contributed by atoms with van der Waals surface area (Å²) in [6, 6.07) is 3.42. The Balaban J connectivity index is 0.000000321. The highest BCUT2D eigenvalue weighted by Gasteiger charge is 2.13. The summed E-state index contributed by atoms with van der Waals surface area (Å²) in [6.07, 6.45) is -1.98. The van der Waals surface area contributed by atoms with Gasteiger partial charge >= 0.3 is 0 Å². The fourth-order valence-electron chi connectivity index (χ4n) is 0.957. The average Bonchev–Trinajstić information content (AvgIpc) is 2.27. The molecule has 0 fully saturated rings. The van der Waals surface area contributed by atoms with Gasteiger partial charge in [-0.1, -0.05) is 0 Å². The zero-order chi connectivity index (χ0) is 14.1. The number of aromatic hydroxyl groups is 3. The van der Waals surface area contributed by atoms with Crippen molar-refractivity contribution in [3.05, 3.63) is 18.2 Å². The lowest BCUT2D eigenvalue weighted by Gasteiger charge is -2.11. The molecule has 0 saturated carbocycles. The fraction of sp³-hybridized carbons (Fsp3) is 0.364. The minimum atomic E-state index is -1.20. The number of carbonyl (C=O) groups excluding carboxylic acids is 1. The average molecular weight is 260 g/mol. The highest BCUT2D eigenvalue weighted by Crippen LogP contribution is 2.23. The van der Waals surface area contributed by atoms with E-state index in [9.17, 15) is 4.79 Å². The molecule has 0 amide bonds. The molecule has 18 heavy (non-hydrogen) atoms. The van der Waals surface area contributed by atoms with Crippen molar-refractivity contribution >= 4 is 6.29 Å².